The Hall–Kier alpha value is -1.84. The lowest BCUT2D eigenvalue weighted by Crippen LogP contribution is -2.44. The number of amides is 2. The minimum absolute atomic E-state index is 0.0127. The third kappa shape index (κ3) is 3.63. The average Bonchev–Trinajstić information content (AvgIpc) is 2.51. The second-order valence-corrected chi connectivity index (χ2v) is 6.20. The fourth-order valence-corrected chi connectivity index (χ4v) is 2.64. The molecule has 0 bridgehead atoms. The van der Waals surface area contributed by atoms with Crippen LogP contribution in [0.5, 0.6) is 0 Å². The third-order valence-electron chi connectivity index (χ3n) is 4.04. The molecule has 4 heteroatoms. The number of rotatable bonds is 3. The lowest BCUT2D eigenvalue weighted by atomic mass is 10.0. The van der Waals surface area contributed by atoms with Crippen LogP contribution in [-0.2, 0) is 16.1 Å². The molecule has 114 valence electrons. The molecule has 0 aromatic heterocycles. The number of nitrogens with zero attached hydrogens (tertiary/aromatic N) is 1. The van der Waals surface area contributed by atoms with Crippen LogP contribution in [-0.4, -0.2) is 28.8 Å². The van der Waals surface area contributed by atoms with Crippen molar-refractivity contribution in [3.8, 4) is 0 Å². The zero-order valence-electron chi connectivity index (χ0n) is 13.2. The molecule has 0 radical (unpaired) electrons. The Bertz CT molecular complexity index is 522. The van der Waals surface area contributed by atoms with Crippen molar-refractivity contribution < 1.29 is 9.59 Å². The maximum atomic E-state index is 12.4. The van der Waals surface area contributed by atoms with Crippen LogP contribution in [0.25, 0.3) is 0 Å². The summed E-state index contributed by atoms with van der Waals surface area (Å²) in [5.41, 5.74) is 2.39. The molecule has 1 aromatic carbocycles. The van der Waals surface area contributed by atoms with Crippen LogP contribution in [0, 0.1) is 0 Å². The Balaban J connectivity index is 2.15. The maximum Gasteiger partial charge on any atom is 0.245 e. The van der Waals surface area contributed by atoms with Crippen molar-refractivity contribution in [1.29, 1.82) is 0 Å². The van der Waals surface area contributed by atoms with E-state index < -0.39 is 6.04 Å². The zero-order valence-corrected chi connectivity index (χ0v) is 13.2. The lowest BCUT2D eigenvalue weighted by Gasteiger charge is -2.28. The molecule has 4 nitrogen and oxygen atoms in total. The first-order chi connectivity index (χ1) is 9.88. The van der Waals surface area contributed by atoms with Crippen LogP contribution >= 0.6 is 0 Å². The molecule has 0 saturated carbocycles. The van der Waals surface area contributed by atoms with Crippen LogP contribution in [0.1, 0.15) is 51.2 Å². The van der Waals surface area contributed by atoms with Gasteiger partial charge in [0.25, 0.3) is 0 Å². The van der Waals surface area contributed by atoms with Gasteiger partial charge in [0, 0.05) is 19.0 Å². The summed E-state index contributed by atoms with van der Waals surface area (Å²) in [6, 6.07) is 7.84. The molecule has 1 fully saturated rings. The molecule has 2 atom stereocenters. The zero-order chi connectivity index (χ0) is 15.6. The van der Waals surface area contributed by atoms with E-state index in [-0.39, 0.29) is 17.9 Å². The molecular weight excluding hydrogens is 264 g/mol. The standard InChI is InChI=1S/C17H24N2O2/c1-11(2)15-7-5-14(6-8-15)10-19-12(3)9-16(20)18-13(4)17(19)21/h5-8,11-13H,9-10H2,1-4H3,(H,18,20). The highest BCUT2D eigenvalue weighted by Crippen LogP contribution is 2.18. The van der Waals surface area contributed by atoms with E-state index in [2.05, 4.69) is 43.4 Å². The van der Waals surface area contributed by atoms with Gasteiger partial charge in [-0.1, -0.05) is 38.1 Å². The highest BCUT2D eigenvalue weighted by Gasteiger charge is 2.31. The first kappa shape index (κ1) is 15.5. The van der Waals surface area contributed by atoms with Gasteiger partial charge in [-0.2, -0.15) is 0 Å². The van der Waals surface area contributed by atoms with Crippen molar-refractivity contribution in [2.45, 2.75) is 58.7 Å². The highest BCUT2D eigenvalue weighted by atomic mass is 16.2. The van der Waals surface area contributed by atoms with Gasteiger partial charge in [0.15, 0.2) is 0 Å². The summed E-state index contributed by atoms with van der Waals surface area (Å²) in [4.78, 5) is 25.9. The average molecular weight is 288 g/mol. The van der Waals surface area contributed by atoms with E-state index in [4.69, 9.17) is 0 Å². The minimum Gasteiger partial charge on any atom is -0.345 e. The molecule has 0 aliphatic carbocycles. The predicted molar refractivity (Wildman–Crippen MR) is 82.8 cm³/mol. The van der Waals surface area contributed by atoms with Crippen molar-refractivity contribution in [3.63, 3.8) is 0 Å². The first-order valence-corrected chi connectivity index (χ1v) is 7.57. The summed E-state index contributed by atoms with van der Waals surface area (Å²) in [7, 11) is 0. The highest BCUT2D eigenvalue weighted by molar-refractivity contribution is 5.90. The topological polar surface area (TPSA) is 49.4 Å². The van der Waals surface area contributed by atoms with Crippen LogP contribution < -0.4 is 5.32 Å². The fourth-order valence-electron chi connectivity index (χ4n) is 2.64. The number of benzene rings is 1. The smallest absolute Gasteiger partial charge is 0.245 e. The summed E-state index contributed by atoms with van der Waals surface area (Å²) in [6.45, 7) is 8.55. The van der Waals surface area contributed by atoms with Crippen molar-refractivity contribution in [2.24, 2.45) is 0 Å². The Kier molecular flexibility index (Phi) is 4.66. The predicted octanol–water partition coefficient (Wildman–Crippen LogP) is 2.44. The Morgan fingerprint density at radius 3 is 2.38 bits per heavy atom. The van der Waals surface area contributed by atoms with E-state index in [1.54, 1.807) is 11.8 Å². The summed E-state index contributed by atoms with van der Waals surface area (Å²) in [5, 5.41) is 2.73. The second-order valence-electron chi connectivity index (χ2n) is 6.20. The van der Waals surface area contributed by atoms with Crippen LogP contribution in [0.3, 0.4) is 0 Å². The van der Waals surface area contributed by atoms with E-state index >= 15 is 0 Å². The quantitative estimate of drug-likeness (QED) is 0.928. The van der Waals surface area contributed by atoms with Gasteiger partial charge < -0.3 is 10.2 Å². The molecule has 1 aliphatic rings. The molecule has 2 amide bonds. The number of carbonyl (C=O) groups excluding carboxylic acids is 2. The van der Waals surface area contributed by atoms with Crippen molar-refractivity contribution in [3.05, 3.63) is 35.4 Å². The lowest BCUT2D eigenvalue weighted by molar-refractivity contribution is -0.135. The normalized spacial score (nSPS) is 23.2. The maximum absolute atomic E-state index is 12.4. The van der Waals surface area contributed by atoms with Gasteiger partial charge in [-0.15, -0.1) is 0 Å². The Labute approximate surface area is 126 Å². The molecule has 21 heavy (non-hydrogen) atoms. The van der Waals surface area contributed by atoms with Gasteiger partial charge >= 0.3 is 0 Å². The van der Waals surface area contributed by atoms with Gasteiger partial charge in [0.05, 0.1) is 0 Å². The molecule has 2 rings (SSSR count). The van der Waals surface area contributed by atoms with Crippen LogP contribution in [0.15, 0.2) is 24.3 Å². The Morgan fingerprint density at radius 2 is 1.81 bits per heavy atom. The summed E-state index contributed by atoms with van der Waals surface area (Å²) < 4.78 is 0. The van der Waals surface area contributed by atoms with E-state index in [1.807, 2.05) is 6.92 Å². The molecule has 1 aromatic rings. The van der Waals surface area contributed by atoms with Crippen LogP contribution in [0.2, 0.25) is 0 Å². The molecule has 1 N–H and O–H groups in total. The van der Waals surface area contributed by atoms with E-state index in [1.165, 1.54) is 5.56 Å². The third-order valence-corrected chi connectivity index (χ3v) is 4.04. The molecule has 0 spiro atoms. The van der Waals surface area contributed by atoms with Gasteiger partial charge in [-0.3, -0.25) is 9.59 Å². The van der Waals surface area contributed by atoms with Gasteiger partial charge in [0.2, 0.25) is 11.8 Å². The largest absolute Gasteiger partial charge is 0.345 e. The minimum atomic E-state index is -0.447. The molecule has 2 unspecified atom stereocenters. The Morgan fingerprint density at radius 1 is 1.19 bits per heavy atom. The van der Waals surface area contributed by atoms with Gasteiger partial charge in [-0.25, -0.2) is 0 Å². The second kappa shape index (κ2) is 6.29. The number of hydrogen-bond acceptors (Lipinski definition) is 2. The molecule has 1 saturated heterocycles. The van der Waals surface area contributed by atoms with E-state index in [9.17, 15) is 9.59 Å². The monoisotopic (exact) mass is 288 g/mol. The van der Waals surface area contributed by atoms with Crippen molar-refractivity contribution in [2.75, 3.05) is 0 Å². The SMILES string of the molecule is CC1NC(=O)CC(C)N(Cc2ccc(C(C)C)cc2)C1=O. The number of nitrogens with one attached hydrogen (secondary N) is 1. The van der Waals surface area contributed by atoms with Gasteiger partial charge in [0.1, 0.15) is 6.04 Å². The number of carbonyl (C=O) groups is 2. The van der Waals surface area contributed by atoms with E-state index in [0.29, 0.717) is 18.9 Å². The first-order valence-electron chi connectivity index (χ1n) is 7.57. The summed E-state index contributed by atoms with van der Waals surface area (Å²) >= 11 is 0. The van der Waals surface area contributed by atoms with Crippen LogP contribution in [0.4, 0.5) is 0 Å². The van der Waals surface area contributed by atoms with Crippen molar-refractivity contribution >= 4 is 11.8 Å². The molecule has 1 aliphatic heterocycles. The number of hydrogen-bond donors (Lipinski definition) is 1. The molecule has 1 heterocycles. The molecular formula is C17H24N2O2. The summed E-state index contributed by atoms with van der Waals surface area (Å²) in [6.07, 6.45) is 0.361. The van der Waals surface area contributed by atoms with E-state index in [0.717, 1.165) is 5.56 Å². The summed E-state index contributed by atoms with van der Waals surface area (Å²) in [5.74, 6) is 0.432. The fraction of sp³-hybridized carbons (Fsp3) is 0.529. The van der Waals surface area contributed by atoms with Gasteiger partial charge in [-0.05, 0) is 30.9 Å². The van der Waals surface area contributed by atoms with Crippen molar-refractivity contribution in [1.82, 2.24) is 10.2 Å².